The molecule has 0 fully saturated rings. The molecular formula is C26H25F2N7O. The highest BCUT2D eigenvalue weighted by Gasteiger charge is 2.57. The minimum absolute atomic E-state index is 0.0229. The predicted octanol–water partition coefficient (Wildman–Crippen LogP) is 4.34. The van der Waals surface area contributed by atoms with Crippen LogP contribution in [-0.4, -0.2) is 35.6 Å². The number of carbonyl (C=O) groups excluding carboxylic acids is 1. The van der Waals surface area contributed by atoms with Crippen LogP contribution in [-0.2, 0) is 5.41 Å². The van der Waals surface area contributed by atoms with Gasteiger partial charge in [0.1, 0.15) is 23.7 Å². The standard InChI is InChI=1S/C26H25F2N7O/c1-5-15-14-11-18(21-16(27)7-6-8-17(21)28)33-34-22(14)26(4,25(15,2)3)20-9-10-30-24(32-20)35-12-19(23(29)36)31-13-35/h6-13,15H,5H2,1-4H3,(H2,29,36)/t15-,26-/m0/s1. The van der Waals surface area contributed by atoms with Gasteiger partial charge in [0, 0.05) is 12.4 Å². The average molecular weight is 490 g/mol. The molecule has 2 N–H and O–H groups in total. The van der Waals surface area contributed by atoms with Gasteiger partial charge in [0.15, 0.2) is 0 Å². The number of amides is 1. The summed E-state index contributed by atoms with van der Waals surface area (Å²) in [6.07, 6.45) is 5.32. The highest BCUT2D eigenvalue weighted by atomic mass is 19.1. The molecule has 0 spiro atoms. The van der Waals surface area contributed by atoms with Crippen LogP contribution in [0.4, 0.5) is 8.78 Å². The summed E-state index contributed by atoms with van der Waals surface area (Å²) in [7, 11) is 0. The fourth-order valence-electron chi connectivity index (χ4n) is 5.46. The molecular weight excluding hydrogens is 464 g/mol. The van der Waals surface area contributed by atoms with E-state index in [-0.39, 0.29) is 28.3 Å². The maximum atomic E-state index is 14.5. The van der Waals surface area contributed by atoms with Gasteiger partial charge in [0.2, 0.25) is 5.95 Å². The third-order valence-electron chi connectivity index (χ3n) is 7.68. The number of aromatic nitrogens is 6. The number of fused-ring (bicyclic) bond motifs is 1. The number of hydrogen-bond acceptors (Lipinski definition) is 6. The minimum Gasteiger partial charge on any atom is -0.364 e. The lowest BCUT2D eigenvalue weighted by atomic mass is 9.62. The predicted molar refractivity (Wildman–Crippen MR) is 128 cm³/mol. The Morgan fingerprint density at radius 1 is 1.11 bits per heavy atom. The quantitative estimate of drug-likeness (QED) is 0.446. The van der Waals surface area contributed by atoms with Crippen LogP contribution in [0.3, 0.4) is 0 Å². The molecule has 0 bridgehead atoms. The molecule has 0 aliphatic heterocycles. The lowest BCUT2D eigenvalue weighted by Gasteiger charge is -2.41. The van der Waals surface area contributed by atoms with Crippen molar-refractivity contribution in [3.63, 3.8) is 0 Å². The Balaban J connectivity index is 1.67. The van der Waals surface area contributed by atoms with Crippen LogP contribution in [0, 0.1) is 17.0 Å². The second-order valence-corrected chi connectivity index (χ2v) is 9.71. The largest absolute Gasteiger partial charge is 0.364 e. The van der Waals surface area contributed by atoms with Crippen molar-refractivity contribution in [1.82, 2.24) is 29.7 Å². The molecule has 2 atom stereocenters. The molecule has 3 aromatic heterocycles. The van der Waals surface area contributed by atoms with Gasteiger partial charge in [-0.15, -0.1) is 5.10 Å². The van der Waals surface area contributed by atoms with Gasteiger partial charge in [-0.3, -0.25) is 9.36 Å². The Bertz CT molecular complexity index is 1480. The zero-order valence-electron chi connectivity index (χ0n) is 20.3. The van der Waals surface area contributed by atoms with Crippen molar-refractivity contribution in [1.29, 1.82) is 0 Å². The average Bonchev–Trinajstić information content (AvgIpc) is 3.40. The molecule has 4 aromatic rings. The van der Waals surface area contributed by atoms with E-state index in [9.17, 15) is 13.6 Å². The number of benzene rings is 1. The Morgan fingerprint density at radius 3 is 2.47 bits per heavy atom. The Labute approximate surface area is 206 Å². The van der Waals surface area contributed by atoms with Gasteiger partial charge < -0.3 is 5.73 Å². The van der Waals surface area contributed by atoms with Gasteiger partial charge in [0.05, 0.1) is 28.1 Å². The molecule has 1 aromatic carbocycles. The van der Waals surface area contributed by atoms with Crippen LogP contribution in [0.15, 0.2) is 49.1 Å². The summed E-state index contributed by atoms with van der Waals surface area (Å²) in [5.41, 5.74) is 6.60. The van der Waals surface area contributed by atoms with E-state index in [0.717, 1.165) is 12.0 Å². The van der Waals surface area contributed by atoms with Gasteiger partial charge in [-0.1, -0.05) is 26.8 Å². The third kappa shape index (κ3) is 3.31. The molecule has 1 amide bonds. The first kappa shape index (κ1) is 23.7. The Hall–Kier alpha value is -4.08. The zero-order chi connectivity index (χ0) is 25.8. The van der Waals surface area contributed by atoms with Gasteiger partial charge in [-0.25, -0.2) is 23.7 Å². The van der Waals surface area contributed by atoms with Crippen molar-refractivity contribution < 1.29 is 13.6 Å². The SMILES string of the molecule is CC[C@H]1c2cc(-c3c(F)cccc3F)nnc2[C@](C)(c2ccnc(-n3cnc(C(N)=O)c3)n2)C1(C)C. The molecule has 1 aliphatic rings. The summed E-state index contributed by atoms with van der Waals surface area (Å²) in [6.45, 7) is 8.40. The molecule has 184 valence electrons. The van der Waals surface area contributed by atoms with Crippen molar-refractivity contribution in [2.45, 2.75) is 45.4 Å². The molecule has 0 unspecified atom stereocenters. The number of halogens is 2. The zero-order valence-corrected chi connectivity index (χ0v) is 20.3. The summed E-state index contributed by atoms with van der Waals surface area (Å²) < 4.78 is 30.6. The maximum absolute atomic E-state index is 14.5. The van der Waals surface area contributed by atoms with E-state index in [1.807, 2.05) is 13.0 Å². The van der Waals surface area contributed by atoms with E-state index in [1.54, 1.807) is 12.3 Å². The smallest absolute Gasteiger partial charge is 0.268 e. The lowest BCUT2D eigenvalue weighted by Crippen LogP contribution is -2.40. The van der Waals surface area contributed by atoms with Crippen LogP contribution in [0.5, 0.6) is 0 Å². The number of carbonyl (C=O) groups is 1. The van der Waals surface area contributed by atoms with Crippen LogP contribution in [0.1, 0.15) is 67.5 Å². The van der Waals surface area contributed by atoms with E-state index in [0.29, 0.717) is 17.3 Å². The van der Waals surface area contributed by atoms with Gasteiger partial charge in [-0.05, 0) is 54.5 Å². The fourth-order valence-corrected chi connectivity index (χ4v) is 5.46. The third-order valence-corrected chi connectivity index (χ3v) is 7.68. The molecule has 5 rings (SSSR count). The second-order valence-electron chi connectivity index (χ2n) is 9.71. The summed E-state index contributed by atoms with van der Waals surface area (Å²) in [4.78, 5) is 24.6. The maximum Gasteiger partial charge on any atom is 0.268 e. The summed E-state index contributed by atoms with van der Waals surface area (Å²) in [5, 5.41) is 8.81. The van der Waals surface area contributed by atoms with Crippen LogP contribution in [0.25, 0.3) is 17.2 Å². The molecule has 3 heterocycles. The fraction of sp³-hybridized carbons (Fsp3) is 0.308. The van der Waals surface area contributed by atoms with E-state index in [4.69, 9.17) is 10.7 Å². The number of rotatable bonds is 5. The van der Waals surface area contributed by atoms with Crippen molar-refractivity contribution in [3.8, 4) is 17.2 Å². The second kappa shape index (κ2) is 8.25. The first-order chi connectivity index (χ1) is 17.1. The number of hydrogen-bond donors (Lipinski definition) is 1. The summed E-state index contributed by atoms with van der Waals surface area (Å²) in [5.74, 6) is -1.67. The highest BCUT2D eigenvalue weighted by molar-refractivity contribution is 5.90. The Morgan fingerprint density at radius 2 is 1.83 bits per heavy atom. The van der Waals surface area contributed by atoms with E-state index in [2.05, 4.69) is 40.9 Å². The molecule has 36 heavy (non-hydrogen) atoms. The van der Waals surface area contributed by atoms with Gasteiger partial charge in [0.25, 0.3) is 5.91 Å². The monoisotopic (exact) mass is 489 g/mol. The first-order valence-electron chi connectivity index (χ1n) is 11.6. The molecule has 8 nitrogen and oxygen atoms in total. The molecule has 0 radical (unpaired) electrons. The van der Waals surface area contributed by atoms with Crippen molar-refractivity contribution >= 4 is 5.91 Å². The van der Waals surface area contributed by atoms with Crippen LogP contribution < -0.4 is 5.73 Å². The number of primary amides is 1. The molecule has 0 saturated carbocycles. The number of nitrogens with zero attached hydrogens (tertiary/aromatic N) is 6. The highest BCUT2D eigenvalue weighted by Crippen LogP contribution is 2.61. The minimum atomic E-state index is -0.701. The number of imidazole rings is 1. The van der Waals surface area contributed by atoms with Gasteiger partial charge >= 0.3 is 0 Å². The summed E-state index contributed by atoms with van der Waals surface area (Å²) >= 11 is 0. The Kier molecular flexibility index (Phi) is 5.42. The van der Waals surface area contributed by atoms with Crippen LogP contribution in [0.2, 0.25) is 0 Å². The number of nitrogens with two attached hydrogens (primary N) is 1. The lowest BCUT2D eigenvalue weighted by molar-refractivity contribution is 0.0996. The van der Waals surface area contributed by atoms with E-state index in [1.165, 1.54) is 35.3 Å². The van der Waals surface area contributed by atoms with Crippen molar-refractivity contribution in [3.05, 3.63) is 83.3 Å². The van der Waals surface area contributed by atoms with E-state index < -0.39 is 23.0 Å². The van der Waals surface area contributed by atoms with E-state index >= 15 is 0 Å². The van der Waals surface area contributed by atoms with Crippen molar-refractivity contribution in [2.75, 3.05) is 0 Å². The normalized spacial score (nSPS) is 20.3. The van der Waals surface area contributed by atoms with Gasteiger partial charge in [-0.2, -0.15) is 5.10 Å². The molecule has 1 aliphatic carbocycles. The van der Waals surface area contributed by atoms with Crippen LogP contribution >= 0.6 is 0 Å². The summed E-state index contributed by atoms with van der Waals surface area (Å²) in [6, 6.07) is 7.32. The molecule has 10 heteroatoms. The first-order valence-corrected chi connectivity index (χ1v) is 11.6. The topological polar surface area (TPSA) is 112 Å². The molecule has 0 saturated heterocycles. The van der Waals surface area contributed by atoms with Crippen molar-refractivity contribution in [2.24, 2.45) is 11.1 Å².